The fourth-order valence-corrected chi connectivity index (χ4v) is 4.90. The zero-order chi connectivity index (χ0) is 24.6. The van der Waals surface area contributed by atoms with E-state index in [1.807, 2.05) is 64.9 Å². The van der Waals surface area contributed by atoms with Crippen LogP contribution in [0.5, 0.6) is 11.5 Å². The van der Waals surface area contributed by atoms with Crippen LogP contribution >= 0.6 is 11.3 Å². The predicted molar refractivity (Wildman–Crippen MR) is 137 cm³/mol. The molecule has 0 radical (unpaired) electrons. The highest BCUT2D eigenvalue weighted by molar-refractivity contribution is 7.12. The quantitative estimate of drug-likeness (QED) is 0.495. The monoisotopic (exact) mass is 493 g/mol. The number of nitrogens with one attached hydrogen (secondary N) is 1. The Morgan fingerprint density at radius 1 is 0.914 bits per heavy atom. The zero-order valence-corrected chi connectivity index (χ0v) is 20.9. The van der Waals surface area contributed by atoms with Gasteiger partial charge < -0.3 is 19.7 Å². The van der Waals surface area contributed by atoms with Gasteiger partial charge in [-0.05, 0) is 34.7 Å². The van der Waals surface area contributed by atoms with Crippen LogP contribution in [-0.2, 0) is 17.8 Å². The second-order valence-electron chi connectivity index (χ2n) is 8.48. The molecule has 1 aromatic heterocycles. The lowest BCUT2D eigenvalue weighted by molar-refractivity contribution is -0.135. The van der Waals surface area contributed by atoms with Gasteiger partial charge in [-0.1, -0.05) is 42.5 Å². The van der Waals surface area contributed by atoms with Crippen LogP contribution in [0.2, 0.25) is 0 Å². The molecule has 2 amide bonds. The number of ether oxygens (including phenoxy) is 2. The van der Waals surface area contributed by atoms with Gasteiger partial charge in [-0.3, -0.25) is 14.5 Å². The van der Waals surface area contributed by atoms with Gasteiger partial charge in [0.1, 0.15) is 6.04 Å². The number of hydrogen-bond acceptors (Lipinski definition) is 6. The van der Waals surface area contributed by atoms with Gasteiger partial charge in [-0.25, -0.2) is 0 Å². The smallest absolute Gasteiger partial charge is 0.262 e. The number of piperazine rings is 1. The van der Waals surface area contributed by atoms with Gasteiger partial charge in [-0.2, -0.15) is 0 Å². The zero-order valence-electron chi connectivity index (χ0n) is 20.1. The molecule has 1 N–H and O–H groups in total. The number of nitrogens with zero attached hydrogens (tertiary/aromatic N) is 2. The van der Waals surface area contributed by atoms with E-state index in [2.05, 4.69) is 10.2 Å². The molecule has 2 aromatic carbocycles. The molecule has 0 saturated carbocycles. The molecule has 8 heteroatoms. The summed E-state index contributed by atoms with van der Waals surface area (Å²) in [6, 6.07) is 18.8. The topological polar surface area (TPSA) is 71.1 Å². The van der Waals surface area contributed by atoms with E-state index in [1.54, 1.807) is 20.3 Å². The van der Waals surface area contributed by atoms with E-state index >= 15 is 0 Å². The van der Waals surface area contributed by atoms with Crippen LogP contribution in [0.4, 0.5) is 0 Å². The van der Waals surface area contributed by atoms with Gasteiger partial charge in [0.25, 0.3) is 5.91 Å². The molecule has 1 saturated heterocycles. The summed E-state index contributed by atoms with van der Waals surface area (Å²) < 4.78 is 10.7. The highest BCUT2D eigenvalue weighted by atomic mass is 32.1. The van der Waals surface area contributed by atoms with Gasteiger partial charge >= 0.3 is 0 Å². The molecule has 184 valence electrons. The van der Waals surface area contributed by atoms with Crippen molar-refractivity contribution in [1.82, 2.24) is 15.1 Å². The first kappa shape index (κ1) is 24.8. The molecule has 0 unspecified atom stereocenters. The van der Waals surface area contributed by atoms with Gasteiger partial charge in [0.2, 0.25) is 5.91 Å². The second-order valence-corrected chi connectivity index (χ2v) is 9.43. The number of thiophene rings is 1. The molecule has 3 aromatic rings. The molecule has 0 aliphatic carbocycles. The summed E-state index contributed by atoms with van der Waals surface area (Å²) in [7, 11) is 3.26. The van der Waals surface area contributed by atoms with Crippen LogP contribution in [0.3, 0.4) is 0 Å². The lowest BCUT2D eigenvalue weighted by Crippen LogP contribution is -2.55. The summed E-state index contributed by atoms with van der Waals surface area (Å²) in [6.45, 7) is 3.53. The van der Waals surface area contributed by atoms with E-state index in [4.69, 9.17) is 9.47 Å². The van der Waals surface area contributed by atoms with E-state index in [9.17, 15) is 9.59 Å². The maximum absolute atomic E-state index is 13.5. The first-order valence-electron chi connectivity index (χ1n) is 11.7. The average Bonchev–Trinajstić information content (AvgIpc) is 3.44. The number of rotatable bonds is 9. The third-order valence-corrected chi connectivity index (χ3v) is 7.04. The van der Waals surface area contributed by atoms with Crippen molar-refractivity contribution in [3.8, 4) is 11.5 Å². The fraction of sp³-hybridized carbons (Fsp3) is 0.333. The Bertz CT molecular complexity index is 1110. The number of carbonyl (C=O) groups is 2. The molecular formula is C27H31N3O4S. The maximum atomic E-state index is 13.5. The third kappa shape index (κ3) is 6.41. The lowest BCUT2D eigenvalue weighted by Gasteiger charge is -2.36. The van der Waals surface area contributed by atoms with Crippen molar-refractivity contribution in [3.63, 3.8) is 0 Å². The Balaban J connectivity index is 1.38. The maximum Gasteiger partial charge on any atom is 0.262 e. The molecule has 0 bridgehead atoms. The fourth-order valence-electron chi connectivity index (χ4n) is 4.27. The van der Waals surface area contributed by atoms with Crippen LogP contribution in [0.25, 0.3) is 0 Å². The molecule has 7 nitrogen and oxygen atoms in total. The molecule has 35 heavy (non-hydrogen) atoms. The van der Waals surface area contributed by atoms with Crippen molar-refractivity contribution in [1.29, 1.82) is 0 Å². The number of carbonyl (C=O) groups excluding carboxylic acids is 2. The highest BCUT2D eigenvalue weighted by Gasteiger charge is 2.29. The molecule has 1 atom stereocenters. The molecule has 1 aliphatic rings. The van der Waals surface area contributed by atoms with Crippen molar-refractivity contribution in [2.24, 2.45) is 0 Å². The van der Waals surface area contributed by atoms with E-state index in [0.29, 0.717) is 35.9 Å². The summed E-state index contributed by atoms with van der Waals surface area (Å²) in [5, 5.41) is 4.84. The first-order chi connectivity index (χ1) is 17.1. The summed E-state index contributed by atoms with van der Waals surface area (Å²) in [5.74, 6) is 1.18. The standard InChI is InChI=1S/C27H31N3O4S/c1-33-23-11-10-21(18-24(23)34-2)19-29-12-14-30(15-13-29)27(32)22(17-20-7-4-3-5-8-20)28-26(31)25-9-6-16-35-25/h3-11,16,18,22H,12-15,17,19H2,1-2H3,(H,28,31)/t22-/m1/s1. The Kier molecular flexibility index (Phi) is 8.39. The van der Waals surface area contributed by atoms with E-state index in [-0.39, 0.29) is 11.8 Å². The number of hydrogen-bond donors (Lipinski definition) is 1. The summed E-state index contributed by atoms with van der Waals surface area (Å²) in [4.78, 5) is 31.0. The van der Waals surface area contributed by atoms with E-state index < -0.39 is 6.04 Å². The van der Waals surface area contributed by atoms with Crippen LogP contribution < -0.4 is 14.8 Å². The molecule has 1 fully saturated rings. The van der Waals surface area contributed by atoms with E-state index in [0.717, 1.165) is 30.8 Å². The minimum absolute atomic E-state index is 0.0375. The Labute approximate surface area is 210 Å². The van der Waals surface area contributed by atoms with Crippen molar-refractivity contribution in [3.05, 3.63) is 82.0 Å². The molecule has 0 spiro atoms. The summed E-state index contributed by atoms with van der Waals surface area (Å²) >= 11 is 1.37. The number of benzene rings is 2. The summed E-state index contributed by atoms with van der Waals surface area (Å²) in [6.07, 6.45) is 0.461. The Morgan fingerprint density at radius 2 is 1.66 bits per heavy atom. The van der Waals surface area contributed by atoms with Gasteiger partial charge in [0, 0.05) is 39.1 Å². The molecular weight excluding hydrogens is 462 g/mol. The average molecular weight is 494 g/mol. The van der Waals surface area contributed by atoms with Gasteiger partial charge in [-0.15, -0.1) is 11.3 Å². The van der Waals surface area contributed by atoms with Crippen molar-refractivity contribution in [2.75, 3.05) is 40.4 Å². The predicted octanol–water partition coefficient (Wildman–Crippen LogP) is 3.45. The van der Waals surface area contributed by atoms with Crippen LogP contribution in [-0.4, -0.2) is 68.1 Å². The number of methoxy groups -OCH3 is 2. The van der Waals surface area contributed by atoms with Gasteiger partial charge in [0.15, 0.2) is 11.5 Å². The van der Waals surface area contributed by atoms with Crippen molar-refractivity contribution < 1.29 is 19.1 Å². The molecule has 4 rings (SSSR count). The SMILES string of the molecule is COc1ccc(CN2CCN(C(=O)[C@@H](Cc3ccccc3)NC(=O)c3cccs3)CC2)cc1OC. The Morgan fingerprint density at radius 3 is 2.31 bits per heavy atom. The second kappa shape index (κ2) is 11.9. The Hall–Kier alpha value is -3.36. The van der Waals surface area contributed by atoms with Crippen molar-refractivity contribution in [2.45, 2.75) is 19.0 Å². The minimum Gasteiger partial charge on any atom is -0.493 e. The minimum atomic E-state index is -0.607. The lowest BCUT2D eigenvalue weighted by atomic mass is 10.0. The molecule has 1 aliphatic heterocycles. The number of amides is 2. The van der Waals surface area contributed by atoms with E-state index in [1.165, 1.54) is 11.3 Å². The highest BCUT2D eigenvalue weighted by Crippen LogP contribution is 2.28. The molecule has 2 heterocycles. The van der Waals surface area contributed by atoms with Crippen LogP contribution in [0, 0.1) is 0 Å². The van der Waals surface area contributed by atoms with Gasteiger partial charge in [0.05, 0.1) is 19.1 Å². The first-order valence-corrected chi connectivity index (χ1v) is 12.6. The van der Waals surface area contributed by atoms with Crippen LogP contribution in [0.1, 0.15) is 20.8 Å². The van der Waals surface area contributed by atoms with Crippen molar-refractivity contribution >= 4 is 23.2 Å². The summed E-state index contributed by atoms with van der Waals surface area (Å²) in [5.41, 5.74) is 2.15. The normalized spacial score (nSPS) is 14.9. The van der Waals surface area contributed by atoms with Crippen LogP contribution in [0.15, 0.2) is 66.0 Å². The largest absolute Gasteiger partial charge is 0.493 e. The third-order valence-electron chi connectivity index (χ3n) is 6.17.